The van der Waals surface area contributed by atoms with Crippen LogP contribution in [-0.2, 0) is 6.42 Å². The normalized spacial score (nSPS) is 13.9. The van der Waals surface area contributed by atoms with Crippen LogP contribution in [0.3, 0.4) is 0 Å². The number of nitrogens with two attached hydrogens (primary N) is 2. The summed E-state index contributed by atoms with van der Waals surface area (Å²) in [4.78, 5) is 11.8. The number of nitrogen functional groups attached to an aromatic ring is 1. The number of fused-ring (bicyclic) bond motifs is 1. The van der Waals surface area contributed by atoms with Crippen molar-refractivity contribution in [1.29, 1.82) is 0 Å². The summed E-state index contributed by atoms with van der Waals surface area (Å²) < 4.78 is 20.6. The molecule has 1 saturated carbocycles. The average molecular weight is 563 g/mol. The van der Waals surface area contributed by atoms with E-state index in [0.717, 1.165) is 51.3 Å². The number of hydrogen-bond acceptors (Lipinski definition) is 5. The molecule has 1 aromatic heterocycles. The third-order valence-corrected chi connectivity index (χ3v) is 9.03. The smallest absolute Gasteiger partial charge is 0.171 e. The van der Waals surface area contributed by atoms with Crippen LogP contribution in [0.15, 0.2) is 66.7 Å². The SMILES string of the molecule is CC(=O)c1sc2ccccc2c1N.CN.COc1ccc(-c2ccc(F)c(CC[C@H](C)C3CCCCC3)c2)cc1. The van der Waals surface area contributed by atoms with E-state index in [-0.39, 0.29) is 11.6 Å². The van der Waals surface area contributed by atoms with Gasteiger partial charge in [-0.05, 0) is 78.7 Å². The second-order valence-corrected chi connectivity index (χ2v) is 11.4. The molecule has 40 heavy (non-hydrogen) atoms. The molecule has 5 rings (SSSR count). The van der Waals surface area contributed by atoms with Gasteiger partial charge in [0.2, 0.25) is 0 Å². The summed E-state index contributed by atoms with van der Waals surface area (Å²) in [6.07, 6.45) is 8.75. The Bertz CT molecular complexity index is 1360. The lowest BCUT2D eigenvalue weighted by Gasteiger charge is -2.27. The number of ether oxygens (including phenoxy) is 1. The van der Waals surface area contributed by atoms with Gasteiger partial charge in [-0.3, -0.25) is 4.79 Å². The fraction of sp³-hybridized carbons (Fsp3) is 0.382. The number of halogens is 1. The number of methoxy groups -OCH3 is 1. The van der Waals surface area contributed by atoms with Crippen LogP contribution in [0.2, 0.25) is 0 Å². The number of aryl methyl sites for hydroxylation is 1. The molecule has 0 saturated heterocycles. The first-order valence-electron chi connectivity index (χ1n) is 14.2. The van der Waals surface area contributed by atoms with Gasteiger partial charge in [0.25, 0.3) is 0 Å². The van der Waals surface area contributed by atoms with Crippen molar-refractivity contribution in [3.05, 3.63) is 83.0 Å². The maximum absolute atomic E-state index is 14.3. The number of anilines is 1. The highest BCUT2D eigenvalue weighted by Crippen LogP contribution is 2.34. The molecule has 0 aliphatic heterocycles. The van der Waals surface area contributed by atoms with Crippen LogP contribution in [0.4, 0.5) is 10.1 Å². The predicted octanol–water partition coefficient (Wildman–Crippen LogP) is 8.91. The Morgan fingerprint density at radius 2 is 1.65 bits per heavy atom. The molecule has 0 amide bonds. The molecule has 0 spiro atoms. The highest BCUT2D eigenvalue weighted by molar-refractivity contribution is 7.21. The van der Waals surface area contributed by atoms with Crippen molar-refractivity contribution in [3.8, 4) is 16.9 Å². The first kappa shape index (κ1) is 31.3. The molecule has 3 aromatic carbocycles. The molecule has 214 valence electrons. The van der Waals surface area contributed by atoms with E-state index in [1.807, 2.05) is 60.7 Å². The number of benzene rings is 3. The van der Waals surface area contributed by atoms with Crippen LogP contribution in [-0.4, -0.2) is 19.9 Å². The van der Waals surface area contributed by atoms with Crippen molar-refractivity contribution in [1.82, 2.24) is 0 Å². The van der Waals surface area contributed by atoms with Gasteiger partial charge in [-0.25, -0.2) is 4.39 Å². The molecule has 4 aromatic rings. The molecule has 0 bridgehead atoms. The van der Waals surface area contributed by atoms with Gasteiger partial charge in [-0.1, -0.05) is 75.4 Å². The maximum Gasteiger partial charge on any atom is 0.171 e. The van der Waals surface area contributed by atoms with E-state index in [2.05, 4.69) is 12.7 Å². The van der Waals surface area contributed by atoms with E-state index >= 15 is 0 Å². The Balaban J connectivity index is 0.000000246. The highest BCUT2D eigenvalue weighted by atomic mass is 32.1. The van der Waals surface area contributed by atoms with Gasteiger partial charge < -0.3 is 16.2 Å². The first-order chi connectivity index (χ1) is 19.4. The molecule has 1 fully saturated rings. The van der Waals surface area contributed by atoms with Gasteiger partial charge in [0.1, 0.15) is 11.6 Å². The lowest BCUT2D eigenvalue weighted by molar-refractivity contribution is 0.102. The average Bonchev–Trinajstić information content (AvgIpc) is 3.35. The lowest BCUT2D eigenvalue weighted by atomic mass is 9.78. The topological polar surface area (TPSA) is 78.3 Å². The van der Waals surface area contributed by atoms with Crippen molar-refractivity contribution in [2.75, 3.05) is 19.9 Å². The minimum atomic E-state index is -0.0758. The number of carbonyl (C=O) groups excluding carboxylic acids is 1. The van der Waals surface area contributed by atoms with Crippen molar-refractivity contribution < 1.29 is 13.9 Å². The molecular weight excluding hydrogens is 519 g/mol. The minimum absolute atomic E-state index is 0.0405. The van der Waals surface area contributed by atoms with Crippen molar-refractivity contribution in [2.45, 2.75) is 58.8 Å². The van der Waals surface area contributed by atoms with E-state index in [9.17, 15) is 9.18 Å². The van der Waals surface area contributed by atoms with Crippen LogP contribution in [0.5, 0.6) is 5.75 Å². The van der Waals surface area contributed by atoms with Crippen LogP contribution >= 0.6 is 11.3 Å². The largest absolute Gasteiger partial charge is 0.497 e. The van der Waals surface area contributed by atoms with Crippen molar-refractivity contribution >= 4 is 32.9 Å². The Hall–Kier alpha value is -3.22. The van der Waals surface area contributed by atoms with E-state index in [1.165, 1.54) is 50.5 Å². The zero-order valence-electron chi connectivity index (χ0n) is 24.2. The van der Waals surface area contributed by atoms with Crippen LogP contribution < -0.4 is 16.2 Å². The van der Waals surface area contributed by atoms with Crippen LogP contribution in [0, 0.1) is 17.7 Å². The maximum atomic E-state index is 14.3. The molecule has 4 N–H and O–H groups in total. The number of carbonyl (C=O) groups is 1. The lowest BCUT2D eigenvalue weighted by Crippen LogP contribution is -2.16. The van der Waals surface area contributed by atoms with Gasteiger partial charge in [0.05, 0.1) is 17.7 Å². The van der Waals surface area contributed by atoms with E-state index in [0.29, 0.717) is 16.5 Å². The van der Waals surface area contributed by atoms with Gasteiger partial charge in [0.15, 0.2) is 5.78 Å². The predicted molar refractivity (Wildman–Crippen MR) is 169 cm³/mol. The molecule has 0 unspecified atom stereocenters. The molecule has 4 nitrogen and oxygen atoms in total. The third-order valence-electron chi connectivity index (χ3n) is 7.75. The first-order valence-corrected chi connectivity index (χ1v) is 15.0. The molecule has 6 heteroatoms. The summed E-state index contributed by atoms with van der Waals surface area (Å²) in [5, 5.41) is 0.984. The Kier molecular flexibility index (Phi) is 12.2. The number of hydrogen-bond donors (Lipinski definition) is 2. The summed E-state index contributed by atoms with van der Waals surface area (Å²) in [5.74, 6) is 2.32. The summed E-state index contributed by atoms with van der Waals surface area (Å²) in [6.45, 7) is 3.89. The zero-order chi connectivity index (χ0) is 29.1. The Morgan fingerprint density at radius 3 is 2.27 bits per heavy atom. The van der Waals surface area contributed by atoms with Gasteiger partial charge in [-0.2, -0.15) is 0 Å². The highest BCUT2D eigenvalue weighted by Gasteiger charge is 2.20. The summed E-state index contributed by atoms with van der Waals surface area (Å²) in [7, 11) is 3.17. The number of rotatable bonds is 7. The Morgan fingerprint density at radius 1 is 1.00 bits per heavy atom. The van der Waals surface area contributed by atoms with Crippen molar-refractivity contribution in [2.24, 2.45) is 17.6 Å². The van der Waals surface area contributed by atoms with E-state index in [4.69, 9.17) is 10.5 Å². The van der Waals surface area contributed by atoms with Gasteiger partial charge in [-0.15, -0.1) is 11.3 Å². The number of Topliss-reactive ketones (excluding diaryl/α,β-unsaturated/α-hetero) is 1. The second kappa shape index (κ2) is 15.5. The molecule has 1 aliphatic carbocycles. The molecule has 1 aliphatic rings. The van der Waals surface area contributed by atoms with E-state index in [1.54, 1.807) is 20.1 Å². The second-order valence-electron chi connectivity index (χ2n) is 10.3. The fourth-order valence-corrected chi connectivity index (χ4v) is 6.40. The van der Waals surface area contributed by atoms with E-state index < -0.39 is 0 Å². The molecule has 0 radical (unpaired) electrons. The standard InChI is InChI=1S/C23H29FO.C10H9NOS.CH5N/c1-17(18-6-4-3-5-7-18)8-9-21-16-20(12-15-23(21)24)19-10-13-22(25-2)14-11-19;1-6(12)10-9(11)7-4-2-3-5-8(7)13-10;1-2/h10-18H,3-9H2,1-2H3;2-5H,11H2,1H3;2H2,1H3/t17-;;/m0../s1. The molecule has 1 heterocycles. The molecule has 1 atom stereocenters. The number of thiophene rings is 1. The van der Waals surface area contributed by atoms with Crippen LogP contribution in [0.25, 0.3) is 21.2 Å². The quantitative estimate of drug-likeness (QED) is 0.220. The zero-order valence-corrected chi connectivity index (χ0v) is 25.0. The minimum Gasteiger partial charge on any atom is -0.497 e. The number of ketones is 1. The summed E-state index contributed by atoms with van der Waals surface area (Å²) >= 11 is 1.46. The van der Waals surface area contributed by atoms with Crippen molar-refractivity contribution in [3.63, 3.8) is 0 Å². The summed E-state index contributed by atoms with van der Waals surface area (Å²) in [5.41, 5.74) is 14.0. The van der Waals surface area contributed by atoms with Gasteiger partial charge in [0, 0.05) is 17.0 Å². The Labute approximate surface area is 242 Å². The third kappa shape index (κ3) is 8.15. The van der Waals surface area contributed by atoms with Gasteiger partial charge >= 0.3 is 0 Å². The van der Waals surface area contributed by atoms with Crippen LogP contribution in [0.1, 0.15) is 67.6 Å². The monoisotopic (exact) mass is 562 g/mol. The fourth-order valence-electron chi connectivity index (χ4n) is 5.38. The summed E-state index contributed by atoms with van der Waals surface area (Å²) in [6, 6.07) is 21.2. The molecular formula is C34H43FN2O2S.